The molecule has 22 heavy (non-hydrogen) atoms. The van der Waals surface area contributed by atoms with Gasteiger partial charge in [-0.1, -0.05) is 36.4 Å². The van der Waals surface area contributed by atoms with E-state index >= 15 is 0 Å². The van der Waals surface area contributed by atoms with Crippen molar-refractivity contribution in [1.29, 1.82) is 0 Å². The largest absolute Gasteiger partial charge is 0.462 e. The molecular formula is C17H17NO4. The van der Waals surface area contributed by atoms with Crippen molar-refractivity contribution in [1.82, 2.24) is 0 Å². The van der Waals surface area contributed by atoms with E-state index in [0.29, 0.717) is 0 Å². The number of ether oxygens (including phenoxy) is 2. The van der Waals surface area contributed by atoms with Crippen molar-refractivity contribution in [3.8, 4) is 0 Å². The summed E-state index contributed by atoms with van der Waals surface area (Å²) in [5.74, 6) is -1.13. The summed E-state index contributed by atoms with van der Waals surface area (Å²) in [6.07, 6.45) is 0. The zero-order valence-corrected chi connectivity index (χ0v) is 12.2. The van der Waals surface area contributed by atoms with Crippen LogP contribution in [0.15, 0.2) is 48.5 Å². The van der Waals surface area contributed by atoms with Crippen LogP contribution in [0.4, 0.5) is 5.69 Å². The summed E-state index contributed by atoms with van der Waals surface area (Å²) >= 11 is 0. The first-order chi connectivity index (χ1) is 10.6. The van der Waals surface area contributed by atoms with Crippen LogP contribution in [0.5, 0.6) is 0 Å². The van der Waals surface area contributed by atoms with Gasteiger partial charge in [0, 0.05) is 0 Å². The third-order valence-corrected chi connectivity index (χ3v) is 3.03. The van der Waals surface area contributed by atoms with Crippen LogP contribution in [0, 0.1) is 0 Å². The van der Waals surface area contributed by atoms with Gasteiger partial charge in [-0.2, -0.15) is 0 Å². The van der Waals surface area contributed by atoms with Crippen molar-refractivity contribution in [2.75, 3.05) is 12.3 Å². The van der Waals surface area contributed by atoms with Gasteiger partial charge in [-0.15, -0.1) is 0 Å². The van der Waals surface area contributed by atoms with Crippen molar-refractivity contribution in [3.05, 3.63) is 65.2 Å². The molecule has 5 heteroatoms. The van der Waals surface area contributed by atoms with Crippen molar-refractivity contribution in [2.45, 2.75) is 13.5 Å². The van der Waals surface area contributed by atoms with Gasteiger partial charge in [0.15, 0.2) is 0 Å². The first-order valence-corrected chi connectivity index (χ1v) is 6.90. The zero-order chi connectivity index (χ0) is 15.9. The van der Waals surface area contributed by atoms with Crippen LogP contribution in [0.3, 0.4) is 0 Å². The van der Waals surface area contributed by atoms with Crippen molar-refractivity contribution in [3.63, 3.8) is 0 Å². The molecule has 0 radical (unpaired) electrons. The molecule has 5 nitrogen and oxygen atoms in total. The fourth-order valence-corrected chi connectivity index (χ4v) is 1.93. The summed E-state index contributed by atoms with van der Waals surface area (Å²) < 4.78 is 10.1. The van der Waals surface area contributed by atoms with Crippen LogP contribution in [-0.4, -0.2) is 18.5 Å². The first-order valence-electron chi connectivity index (χ1n) is 6.90. The van der Waals surface area contributed by atoms with Gasteiger partial charge in [-0.25, -0.2) is 9.59 Å². The number of nitrogens with two attached hydrogens (primary N) is 1. The molecule has 0 aliphatic carbocycles. The lowest BCUT2D eigenvalue weighted by Crippen LogP contribution is -2.13. The number of benzene rings is 2. The second-order valence-corrected chi connectivity index (χ2v) is 4.55. The number of rotatable bonds is 5. The number of hydrogen-bond donors (Lipinski definition) is 1. The molecular weight excluding hydrogens is 282 g/mol. The molecule has 2 aromatic rings. The number of carbonyl (C=O) groups is 2. The van der Waals surface area contributed by atoms with Crippen LogP contribution in [0.25, 0.3) is 0 Å². The fourth-order valence-electron chi connectivity index (χ4n) is 1.93. The van der Waals surface area contributed by atoms with Gasteiger partial charge in [0.25, 0.3) is 0 Å². The van der Waals surface area contributed by atoms with Crippen LogP contribution in [0.2, 0.25) is 0 Å². The SMILES string of the molecule is CCOC(=O)c1cccc(C(=O)OCc2ccccc2)c1N. The maximum Gasteiger partial charge on any atom is 0.340 e. The van der Waals surface area contributed by atoms with Crippen molar-refractivity contribution < 1.29 is 19.1 Å². The Kier molecular flexibility index (Phi) is 5.14. The number of anilines is 1. The molecule has 0 amide bonds. The Morgan fingerprint density at radius 1 is 0.909 bits per heavy atom. The van der Waals surface area contributed by atoms with Gasteiger partial charge in [0.1, 0.15) is 6.61 Å². The molecule has 0 heterocycles. The molecule has 0 saturated carbocycles. The highest BCUT2D eigenvalue weighted by Gasteiger charge is 2.18. The molecule has 2 rings (SSSR count). The molecule has 0 atom stereocenters. The summed E-state index contributed by atoms with van der Waals surface area (Å²) in [5, 5.41) is 0. The molecule has 0 spiro atoms. The van der Waals surface area contributed by atoms with E-state index < -0.39 is 11.9 Å². The van der Waals surface area contributed by atoms with Crippen molar-refractivity contribution >= 4 is 17.6 Å². The Balaban J connectivity index is 2.13. The summed E-state index contributed by atoms with van der Waals surface area (Å²) in [4.78, 5) is 23.9. The van der Waals surface area contributed by atoms with E-state index in [0.717, 1.165) is 5.56 Å². The third kappa shape index (κ3) is 3.63. The van der Waals surface area contributed by atoms with Crippen LogP contribution in [-0.2, 0) is 16.1 Å². The topological polar surface area (TPSA) is 78.6 Å². The Morgan fingerprint density at radius 2 is 1.50 bits per heavy atom. The normalized spacial score (nSPS) is 10.0. The molecule has 2 N–H and O–H groups in total. The average Bonchev–Trinajstić information content (AvgIpc) is 2.54. The minimum absolute atomic E-state index is 0.0685. The lowest BCUT2D eigenvalue weighted by atomic mass is 10.1. The standard InChI is InChI=1S/C17H17NO4/c1-2-21-16(19)13-9-6-10-14(15(13)18)17(20)22-11-12-7-4-3-5-8-12/h3-10H,2,11,18H2,1H3. The van der Waals surface area contributed by atoms with E-state index in [2.05, 4.69) is 0 Å². The number of hydrogen-bond acceptors (Lipinski definition) is 5. The molecule has 0 fully saturated rings. The third-order valence-electron chi connectivity index (χ3n) is 3.03. The smallest absolute Gasteiger partial charge is 0.340 e. The van der Waals surface area contributed by atoms with Crippen LogP contribution in [0.1, 0.15) is 33.2 Å². The second-order valence-electron chi connectivity index (χ2n) is 4.55. The molecule has 0 saturated heterocycles. The Hall–Kier alpha value is -2.82. The van der Waals surface area contributed by atoms with E-state index in [9.17, 15) is 9.59 Å². The highest BCUT2D eigenvalue weighted by molar-refractivity contribution is 6.03. The lowest BCUT2D eigenvalue weighted by molar-refractivity contribution is 0.0474. The maximum atomic E-state index is 12.1. The van der Waals surface area contributed by atoms with Gasteiger partial charge in [-0.05, 0) is 24.6 Å². The minimum Gasteiger partial charge on any atom is -0.462 e. The molecule has 114 valence electrons. The molecule has 2 aromatic carbocycles. The summed E-state index contributed by atoms with van der Waals surface area (Å²) in [5.41, 5.74) is 7.14. The highest BCUT2D eigenvalue weighted by atomic mass is 16.5. The monoisotopic (exact) mass is 299 g/mol. The van der Waals surface area contributed by atoms with E-state index in [1.807, 2.05) is 30.3 Å². The second kappa shape index (κ2) is 7.26. The molecule has 0 unspecified atom stereocenters. The van der Waals surface area contributed by atoms with Crippen LogP contribution < -0.4 is 5.73 Å². The molecule has 0 bridgehead atoms. The van der Waals surface area contributed by atoms with Crippen LogP contribution >= 0.6 is 0 Å². The Morgan fingerprint density at radius 3 is 2.09 bits per heavy atom. The zero-order valence-electron chi connectivity index (χ0n) is 12.2. The van der Waals surface area contributed by atoms with Gasteiger partial charge < -0.3 is 15.2 Å². The average molecular weight is 299 g/mol. The number of nitrogen functional groups attached to an aromatic ring is 1. The maximum absolute atomic E-state index is 12.1. The van der Waals surface area contributed by atoms with Gasteiger partial charge in [0.2, 0.25) is 0 Å². The summed E-state index contributed by atoms with van der Waals surface area (Å²) in [6, 6.07) is 13.9. The summed E-state index contributed by atoms with van der Waals surface area (Å²) in [7, 11) is 0. The number of esters is 2. The summed E-state index contributed by atoms with van der Waals surface area (Å²) in [6.45, 7) is 2.08. The number of carbonyl (C=O) groups excluding carboxylic acids is 2. The molecule has 0 aliphatic heterocycles. The molecule has 0 aliphatic rings. The van der Waals surface area contributed by atoms with Gasteiger partial charge in [-0.3, -0.25) is 0 Å². The first kappa shape index (κ1) is 15.6. The quantitative estimate of drug-likeness (QED) is 0.678. The predicted octanol–water partition coefficient (Wildman–Crippen LogP) is 2.80. The Bertz CT molecular complexity index is 668. The van der Waals surface area contributed by atoms with Gasteiger partial charge in [0.05, 0.1) is 23.4 Å². The number of para-hydroxylation sites is 1. The fraction of sp³-hybridized carbons (Fsp3) is 0.176. The predicted molar refractivity (Wildman–Crippen MR) is 82.4 cm³/mol. The minimum atomic E-state index is -0.576. The molecule has 0 aromatic heterocycles. The van der Waals surface area contributed by atoms with E-state index in [1.165, 1.54) is 12.1 Å². The van der Waals surface area contributed by atoms with Crippen molar-refractivity contribution in [2.24, 2.45) is 0 Å². The highest BCUT2D eigenvalue weighted by Crippen LogP contribution is 2.20. The van der Waals surface area contributed by atoms with Gasteiger partial charge >= 0.3 is 11.9 Å². The lowest BCUT2D eigenvalue weighted by Gasteiger charge is -2.10. The van der Waals surface area contributed by atoms with E-state index in [1.54, 1.807) is 13.0 Å². The van der Waals surface area contributed by atoms with E-state index in [4.69, 9.17) is 15.2 Å². The van der Waals surface area contributed by atoms with E-state index in [-0.39, 0.29) is 30.0 Å². The Labute approximate surface area is 128 Å².